The van der Waals surface area contributed by atoms with Crippen molar-refractivity contribution in [2.24, 2.45) is 13.0 Å². The van der Waals surface area contributed by atoms with Gasteiger partial charge in [-0.2, -0.15) is 5.10 Å². The normalized spacial score (nSPS) is 26.3. The van der Waals surface area contributed by atoms with Crippen LogP contribution in [0.25, 0.3) is 0 Å². The predicted octanol–water partition coefficient (Wildman–Crippen LogP) is 1.03. The van der Waals surface area contributed by atoms with E-state index in [1.165, 1.54) is 5.56 Å². The molecule has 0 radical (unpaired) electrons. The number of aliphatic carboxylic acids is 1. The van der Waals surface area contributed by atoms with Gasteiger partial charge in [0.15, 0.2) is 0 Å². The van der Waals surface area contributed by atoms with Crippen LogP contribution in [0.5, 0.6) is 0 Å². The second kappa shape index (κ2) is 8.50. The van der Waals surface area contributed by atoms with Crippen LogP contribution in [-0.4, -0.2) is 87.9 Å². The molecule has 1 aromatic heterocycles. The molecule has 0 amide bonds. The number of hydrogen-bond acceptors (Lipinski definition) is 5. The Balaban J connectivity index is 1.64. The number of carboxylic acid groups (broad SMARTS) is 1. The number of hydrogen-bond donors (Lipinski definition) is 1. The second-order valence-electron chi connectivity index (χ2n) is 8.04. The molecular weight excluding hydrogens is 330 g/mol. The fourth-order valence-corrected chi connectivity index (χ4v) is 4.51. The lowest BCUT2D eigenvalue weighted by atomic mass is 9.86. The maximum absolute atomic E-state index is 11.1. The van der Waals surface area contributed by atoms with Crippen LogP contribution < -0.4 is 0 Å². The maximum atomic E-state index is 11.1. The minimum absolute atomic E-state index is 0.272. The Kier molecular flexibility index (Phi) is 6.32. The van der Waals surface area contributed by atoms with Crippen LogP contribution in [0.2, 0.25) is 0 Å². The highest BCUT2D eigenvalue weighted by Crippen LogP contribution is 2.28. The number of carbonyl (C=O) groups is 1. The number of likely N-dealkylation sites (tertiary alicyclic amines) is 1. The van der Waals surface area contributed by atoms with E-state index in [0.29, 0.717) is 12.0 Å². The van der Waals surface area contributed by atoms with Crippen molar-refractivity contribution < 1.29 is 9.90 Å². The van der Waals surface area contributed by atoms with Crippen LogP contribution in [0.15, 0.2) is 6.20 Å². The first kappa shape index (κ1) is 19.3. The third-order valence-electron chi connectivity index (χ3n) is 6.02. The van der Waals surface area contributed by atoms with Gasteiger partial charge < -0.3 is 10.0 Å². The molecule has 0 unspecified atom stereocenters. The van der Waals surface area contributed by atoms with Gasteiger partial charge in [-0.25, -0.2) is 0 Å². The first-order valence-corrected chi connectivity index (χ1v) is 9.78. The van der Waals surface area contributed by atoms with Gasteiger partial charge in [0.1, 0.15) is 0 Å². The van der Waals surface area contributed by atoms with Crippen molar-refractivity contribution in [3.63, 3.8) is 0 Å². The molecule has 7 nitrogen and oxygen atoms in total. The first-order chi connectivity index (χ1) is 12.4. The van der Waals surface area contributed by atoms with E-state index in [1.807, 2.05) is 11.7 Å². The summed E-state index contributed by atoms with van der Waals surface area (Å²) in [5.74, 6) is -0.248. The summed E-state index contributed by atoms with van der Waals surface area (Å²) in [4.78, 5) is 18.6. The van der Waals surface area contributed by atoms with E-state index in [1.54, 1.807) is 0 Å². The Hall–Kier alpha value is -1.44. The number of aromatic nitrogens is 2. The third-order valence-corrected chi connectivity index (χ3v) is 6.02. The molecular formula is C19H33N5O2. The van der Waals surface area contributed by atoms with Crippen LogP contribution in [0.1, 0.15) is 30.5 Å². The summed E-state index contributed by atoms with van der Waals surface area (Å²) in [6, 6.07) is 0.522. The molecule has 1 N–H and O–H groups in total. The molecule has 2 saturated heterocycles. The number of carboxylic acids is 1. The van der Waals surface area contributed by atoms with Crippen LogP contribution in [0.3, 0.4) is 0 Å². The molecule has 0 bridgehead atoms. The summed E-state index contributed by atoms with van der Waals surface area (Å²) >= 11 is 0. The van der Waals surface area contributed by atoms with E-state index >= 15 is 0 Å². The molecule has 2 aliphatic heterocycles. The Bertz CT molecular complexity index is 609. The van der Waals surface area contributed by atoms with E-state index < -0.39 is 5.97 Å². The molecule has 0 spiro atoms. The fourth-order valence-electron chi connectivity index (χ4n) is 4.51. The third kappa shape index (κ3) is 4.84. The van der Waals surface area contributed by atoms with Crippen molar-refractivity contribution in [2.75, 3.05) is 46.3 Å². The molecule has 3 rings (SSSR count). The minimum atomic E-state index is -0.678. The number of nitrogens with zero attached hydrogens (tertiary/aromatic N) is 5. The summed E-state index contributed by atoms with van der Waals surface area (Å²) in [5.41, 5.74) is 2.37. The highest BCUT2D eigenvalue weighted by atomic mass is 16.4. The van der Waals surface area contributed by atoms with Gasteiger partial charge in [0.2, 0.25) is 0 Å². The van der Waals surface area contributed by atoms with Gasteiger partial charge in [0, 0.05) is 70.5 Å². The molecule has 3 heterocycles. The number of likely N-dealkylation sites (N-methyl/N-ethyl adjacent to an activating group) is 1. The second-order valence-corrected chi connectivity index (χ2v) is 8.04. The van der Waals surface area contributed by atoms with Crippen molar-refractivity contribution in [3.8, 4) is 0 Å². The highest BCUT2D eigenvalue weighted by Gasteiger charge is 2.34. The molecule has 2 atom stereocenters. The Morgan fingerprint density at radius 3 is 2.58 bits per heavy atom. The molecule has 7 heteroatoms. The zero-order valence-electron chi connectivity index (χ0n) is 16.4. The summed E-state index contributed by atoms with van der Waals surface area (Å²) in [6.07, 6.45) is 4.28. The summed E-state index contributed by atoms with van der Waals surface area (Å²) < 4.78 is 1.88. The van der Waals surface area contributed by atoms with Crippen molar-refractivity contribution >= 4 is 5.97 Å². The maximum Gasteiger partial charge on any atom is 0.303 e. The van der Waals surface area contributed by atoms with Gasteiger partial charge >= 0.3 is 5.97 Å². The first-order valence-electron chi connectivity index (χ1n) is 9.78. The zero-order chi connectivity index (χ0) is 18.7. The van der Waals surface area contributed by atoms with Gasteiger partial charge in [-0.3, -0.25) is 19.3 Å². The van der Waals surface area contributed by atoms with Crippen molar-refractivity contribution in [1.29, 1.82) is 0 Å². The van der Waals surface area contributed by atoms with Crippen LogP contribution >= 0.6 is 0 Å². The minimum Gasteiger partial charge on any atom is -0.481 e. The smallest absolute Gasteiger partial charge is 0.303 e. The summed E-state index contributed by atoms with van der Waals surface area (Å²) in [7, 11) is 4.14. The van der Waals surface area contributed by atoms with E-state index in [4.69, 9.17) is 0 Å². The Morgan fingerprint density at radius 1 is 1.23 bits per heavy atom. The average Bonchev–Trinajstić information content (AvgIpc) is 2.91. The molecule has 0 aromatic carbocycles. The van der Waals surface area contributed by atoms with Crippen LogP contribution in [-0.2, 0) is 18.4 Å². The standard InChI is InChI=1S/C19H33N5O2/c1-15-17(12-22(3)20-15)14-23-7-6-18(16(13-23)4-5-19(25)26)24-10-8-21(2)9-11-24/h12,16,18H,4-11,13-14H2,1-3H3,(H,25,26)/t16-,18+/m1/s1. The Labute approximate surface area is 156 Å². The highest BCUT2D eigenvalue weighted by molar-refractivity contribution is 5.66. The topological polar surface area (TPSA) is 64.8 Å². The lowest BCUT2D eigenvalue weighted by Gasteiger charge is -2.46. The van der Waals surface area contributed by atoms with Gasteiger partial charge in [-0.15, -0.1) is 0 Å². The number of piperazine rings is 1. The van der Waals surface area contributed by atoms with E-state index in [-0.39, 0.29) is 6.42 Å². The van der Waals surface area contributed by atoms with E-state index in [9.17, 15) is 9.90 Å². The lowest BCUT2D eigenvalue weighted by molar-refractivity contribution is -0.137. The molecule has 2 aliphatic rings. The number of aryl methyl sites for hydroxylation is 2. The summed E-state index contributed by atoms with van der Waals surface area (Å²) in [6.45, 7) is 9.47. The van der Waals surface area contributed by atoms with E-state index in [0.717, 1.165) is 64.3 Å². The van der Waals surface area contributed by atoms with Crippen molar-refractivity contribution in [2.45, 2.75) is 38.8 Å². The molecule has 1 aromatic rings. The van der Waals surface area contributed by atoms with Gasteiger partial charge in [-0.05, 0) is 39.3 Å². The van der Waals surface area contributed by atoms with Gasteiger partial charge in [0.25, 0.3) is 0 Å². The number of piperidine rings is 1. The largest absolute Gasteiger partial charge is 0.481 e. The number of rotatable bonds is 6. The molecule has 0 aliphatic carbocycles. The average molecular weight is 364 g/mol. The lowest BCUT2D eigenvalue weighted by Crippen LogP contribution is -2.56. The molecule has 26 heavy (non-hydrogen) atoms. The molecule has 146 valence electrons. The van der Waals surface area contributed by atoms with Crippen LogP contribution in [0, 0.1) is 12.8 Å². The van der Waals surface area contributed by atoms with Gasteiger partial charge in [0.05, 0.1) is 5.69 Å². The Morgan fingerprint density at radius 2 is 1.96 bits per heavy atom. The quantitative estimate of drug-likeness (QED) is 0.814. The van der Waals surface area contributed by atoms with Crippen molar-refractivity contribution in [3.05, 3.63) is 17.5 Å². The van der Waals surface area contributed by atoms with Gasteiger partial charge in [-0.1, -0.05) is 0 Å². The zero-order valence-corrected chi connectivity index (χ0v) is 16.4. The SMILES string of the molecule is Cc1nn(C)cc1CN1CC[C@H](N2CCN(C)CC2)[C@H](CCC(=O)O)C1. The monoisotopic (exact) mass is 363 g/mol. The molecule has 2 fully saturated rings. The molecule has 0 saturated carbocycles. The fraction of sp³-hybridized carbons (Fsp3) is 0.789. The predicted molar refractivity (Wildman–Crippen MR) is 101 cm³/mol. The van der Waals surface area contributed by atoms with Crippen molar-refractivity contribution in [1.82, 2.24) is 24.5 Å². The summed E-state index contributed by atoms with van der Waals surface area (Å²) in [5, 5.41) is 13.6. The van der Waals surface area contributed by atoms with E-state index in [2.05, 4.69) is 40.0 Å². The van der Waals surface area contributed by atoms with Crippen LogP contribution in [0.4, 0.5) is 0 Å².